The van der Waals surface area contributed by atoms with Gasteiger partial charge in [-0.2, -0.15) is 0 Å². The van der Waals surface area contributed by atoms with Gasteiger partial charge < -0.3 is 9.84 Å². The van der Waals surface area contributed by atoms with E-state index in [2.05, 4.69) is 10.5 Å². The largest absolute Gasteiger partial charge is 0.361 e. The van der Waals surface area contributed by atoms with Crippen LogP contribution in [0.5, 0.6) is 0 Å². The monoisotopic (exact) mass is 234 g/mol. The number of amides is 1. The van der Waals surface area contributed by atoms with Gasteiger partial charge in [-0.05, 0) is 38.1 Å². The lowest BCUT2D eigenvalue weighted by molar-refractivity contribution is 0.101. The molecule has 1 aromatic heterocycles. The minimum absolute atomic E-state index is 0.242. The van der Waals surface area contributed by atoms with E-state index in [0.29, 0.717) is 17.0 Å². The number of rotatable bonds is 2. The molecule has 0 unspecified atom stereocenters. The molecule has 0 spiro atoms. The summed E-state index contributed by atoms with van der Waals surface area (Å²) < 4.78 is 17.6. The highest BCUT2D eigenvalue weighted by Crippen LogP contribution is 2.14. The van der Waals surface area contributed by atoms with Crippen LogP contribution in [0.15, 0.2) is 28.8 Å². The normalized spacial score (nSPS) is 10.3. The SMILES string of the molecule is Cc1onc(C(=O)Nc2ccc(F)cc2)c1C. The number of hydrogen-bond donors (Lipinski definition) is 1. The average molecular weight is 234 g/mol. The topological polar surface area (TPSA) is 55.1 Å². The number of nitrogens with zero attached hydrogens (tertiary/aromatic N) is 1. The molecule has 0 bridgehead atoms. The van der Waals surface area contributed by atoms with Crippen molar-refractivity contribution in [1.29, 1.82) is 0 Å². The molecule has 0 saturated carbocycles. The predicted octanol–water partition coefficient (Wildman–Crippen LogP) is 2.68. The number of halogens is 1. The second kappa shape index (κ2) is 4.37. The van der Waals surface area contributed by atoms with Crippen molar-refractivity contribution < 1.29 is 13.7 Å². The zero-order valence-electron chi connectivity index (χ0n) is 9.45. The van der Waals surface area contributed by atoms with E-state index in [1.165, 1.54) is 24.3 Å². The van der Waals surface area contributed by atoms with Crippen molar-refractivity contribution in [1.82, 2.24) is 5.16 Å². The fraction of sp³-hybridized carbons (Fsp3) is 0.167. The Morgan fingerprint density at radius 1 is 1.29 bits per heavy atom. The molecule has 2 rings (SSSR count). The minimum Gasteiger partial charge on any atom is -0.361 e. The van der Waals surface area contributed by atoms with Gasteiger partial charge in [-0.1, -0.05) is 5.16 Å². The first-order valence-electron chi connectivity index (χ1n) is 5.07. The Labute approximate surface area is 97.4 Å². The van der Waals surface area contributed by atoms with Gasteiger partial charge >= 0.3 is 0 Å². The smallest absolute Gasteiger partial charge is 0.278 e. The molecule has 2 aromatic rings. The van der Waals surface area contributed by atoms with Crippen molar-refractivity contribution in [2.24, 2.45) is 0 Å². The van der Waals surface area contributed by atoms with Gasteiger partial charge in [-0.15, -0.1) is 0 Å². The summed E-state index contributed by atoms with van der Waals surface area (Å²) >= 11 is 0. The van der Waals surface area contributed by atoms with Crippen LogP contribution in [0.3, 0.4) is 0 Å². The second-order valence-electron chi connectivity index (χ2n) is 3.67. The average Bonchev–Trinajstić information content (AvgIpc) is 2.63. The molecule has 0 aliphatic carbocycles. The first kappa shape index (κ1) is 11.3. The summed E-state index contributed by atoms with van der Waals surface area (Å²) in [5.41, 5.74) is 1.45. The third-order valence-electron chi connectivity index (χ3n) is 2.47. The van der Waals surface area contributed by atoms with Gasteiger partial charge in [0.2, 0.25) is 0 Å². The van der Waals surface area contributed by atoms with Gasteiger partial charge in [0.15, 0.2) is 5.69 Å². The van der Waals surface area contributed by atoms with Gasteiger partial charge in [-0.25, -0.2) is 4.39 Å². The van der Waals surface area contributed by atoms with Crippen LogP contribution in [-0.2, 0) is 0 Å². The van der Waals surface area contributed by atoms with Crippen LogP contribution in [0.1, 0.15) is 21.8 Å². The Hall–Kier alpha value is -2.17. The van der Waals surface area contributed by atoms with Crippen LogP contribution in [0.2, 0.25) is 0 Å². The maximum absolute atomic E-state index is 12.7. The number of aromatic nitrogens is 1. The highest BCUT2D eigenvalue weighted by atomic mass is 19.1. The fourth-order valence-electron chi connectivity index (χ4n) is 1.35. The van der Waals surface area contributed by atoms with Crippen molar-refractivity contribution in [3.8, 4) is 0 Å². The molecule has 0 radical (unpaired) electrons. The van der Waals surface area contributed by atoms with Crippen LogP contribution in [-0.4, -0.2) is 11.1 Å². The van der Waals surface area contributed by atoms with Crippen LogP contribution in [0, 0.1) is 19.7 Å². The van der Waals surface area contributed by atoms with E-state index in [1.54, 1.807) is 13.8 Å². The fourth-order valence-corrected chi connectivity index (χ4v) is 1.35. The van der Waals surface area contributed by atoms with Gasteiger partial charge in [0, 0.05) is 11.3 Å². The first-order chi connectivity index (χ1) is 8.08. The summed E-state index contributed by atoms with van der Waals surface area (Å²) in [7, 11) is 0. The minimum atomic E-state index is -0.369. The zero-order valence-corrected chi connectivity index (χ0v) is 9.45. The van der Waals surface area contributed by atoms with E-state index < -0.39 is 0 Å². The summed E-state index contributed by atoms with van der Waals surface area (Å²) in [6.07, 6.45) is 0. The molecule has 1 aromatic carbocycles. The number of hydrogen-bond acceptors (Lipinski definition) is 3. The Kier molecular flexibility index (Phi) is 2.91. The van der Waals surface area contributed by atoms with Gasteiger partial charge in [-0.3, -0.25) is 4.79 Å². The first-order valence-corrected chi connectivity index (χ1v) is 5.07. The number of carbonyl (C=O) groups excluding carboxylic acids is 1. The molecular formula is C12H11FN2O2. The van der Waals surface area contributed by atoms with E-state index in [4.69, 9.17) is 4.52 Å². The van der Waals surface area contributed by atoms with Crippen LogP contribution < -0.4 is 5.32 Å². The Morgan fingerprint density at radius 2 is 1.94 bits per heavy atom. The second-order valence-corrected chi connectivity index (χ2v) is 3.67. The van der Waals surface area contributed by atoms with Crippen LogP contribution in [0.4, 0.5) is 10.1 Å². The van der Waals surface area contributed by atoms with Gasteiger partial charge in [0.25, 0.3) is 5.91 Å². The Bertz CT molecular complexity index is 546. The summed E-state index contributed by atoms with van der Waals surface area (Å²) in [6.45, 7) is 3.49. The third-order valence-corrected chi connectivity index (χ3v) is 2.47. The van der Waals surface area contributed by atoms with E-state index in [-0.39, 0.29) is 17.4 Å². The van der Waals surface area contributed by atoms with Crippen molar-refractivity contribution in [3.05, 3.63) is 47.1 Å². The maximum Gasteiger partial charge on any atom is 0.278 e. The standard InChI is InChI=1S/C12H11FN2O2/c1-7-8(2)17-15-11(7)12(16)14-10-5-3-9(13)4-6-10/h3-6H,1-2H3,(H,14,16). The molecule has 0 aliphatic rings. The van der Waals surface area contributed by atoms with E-state index in [9.17, 15) is 9.18 Å². The highest BCUT2D eigenvalue weighted by molar-refractivity contribution is 6.03. The molecule has 0 aliphatic heterocycles. The molecule has 88 valence electrons. The van der Waals surface area contributed by atoms with E-state index in [0.717, 1.165) is 0 Å². The summed E-state index contributed by atoms with van der Waals surface area (Å²) in [5, 5.41) is 6.28. The van der Waals surface area contributed by atoms with Crippen LogP contribution in [0.25, 0.3) is 0 Å². The molecule has 4 nitrogen and oxygen atoms in total. The summed E-state index contributed by atoms with van der Waals surface area (Å²) in [4.78, 5) is 11.8. The van der Waals surface area contributed by atoms with E-state index >= 15 is 0 Å². The zero-order chi connectivity index (χ0) is 12.4. The Balaban J connectivity index is 2.17. The number of benzene rings is 1. The number of carbonyl (C=O) groups is 1. The maximum atomic E-state index is 12.7. The summed E-state index contributed by atoms with van der Waals surface area (Å²) in [5.74, 6) is -0.114. The predicted molar refractivity (Wildman–Crippen MR) is 60.3 cm³/mol. The third kappa shape index (κ3) is 2.33. The molecule has 0 saturated heterocycles. The quantitative estimate of drug-likeness (QED) is 0.869. The number of anilines is 1. The molecule has 0 atom stereocenters. The number of nitrogens with one attached hydrogen (secondary N) is 1. The molecule has 1 heterocycles. The highest BCUT2D eigenvalue weighted by Gasteiger charge is 2.16. The van der Waals surface area contributed by atoms with Crippen molar-refractivity contribution in [3.63, 3.8) is 0 Å². The lowest BCUT2D eigenvalue weighted by Crippen LogP contribution is -2.13. The lowest BCUT2D eigenvalue weighted by Gasteiger charge is -2.02. The summed E-state index contributed by atoms with van der Waals surface area (Å²) in [6, 6.07) is 5.51. The van der Waals surface area contributed by atoms with Crippen molar-refractivity contribution >= 4 is 11.6 Å². The molecule has 5 heteroatoms. The van der Waals surface area contributed by atoms with Gasteiger partial charge in [0.1, 0.15) is 11.6 Å². The van der Waals surface area contributed by atoms with E-state index in [1.807, 2.05) is 0 Å². The Morgan fingerprint density at radius 3 is 2.47 bits per heavy atom. The molecule has 1 N–H and O–H groups in total. The molecule has 0 fully saturated rings. The molecule has 17 heavy (non-hydrogen) atoms. The number of aryl methyl sites for hydroxylation is 1. The van der Waals surface area contributed by atoms with Crippen molar-refractivity contribution in [2.45, 2.75) is 13.8 Å². The van der Waals surface area contributed by atoms with Crippen molar-refractivity contribution in [2.75, 3.05) is 5.32 Å². The molecular weight excluding hydrogens is 223 g/mol. The lowest BCUT2D eigenvalue weighted by atomic mass is 10.2. The molecule has 1 amide bonds. The van der Waals surface area contributed by atoms with Gasteiger partial charge in [0.05, 0.1) is 0 Å². The van der Waals surface area contributed by atoms with Crippen LogP contribution >= 0.6 is 0 Å².